The largest absolute Gasteiger partial charge is 0.394 e. The van der Waals surface area contributed by atoms with Crippen molar-refractivity contribution in [3.63, 3.8) is 0 Å². The van der Waals surface area contributed by atoms with Gasteiger partial charge in [-0.05, 0) is 47.6 Å². The molecule has 1 aromatic carbocycles. The highest BCUT2D eigenvalue weighted by molar-refractivity contribution is 5.88. The lowest BCUT2D eigenvalue weighted by molar-refractivity contribution is -0.166. The lowest BCUT2D eigenvalue weighted by Gasteiger charge is -2.58. The number of allylic oxidation sites excluding steroid dienone is 2. The molecule has 1 aliphatic carbocycles. The summed E-state index contributed by atoms with van der Waals surface area (Å²) in [5.74, 6) is -0.107. The fourth-order valence-corrected chi connectivity index (χ4v) is 5.33. The molecule has 1 N–H and O–H groups in total. The highest BCUT2D eigenvalue weighted by Crippen LogP contribution is 2.43. The van der Waals surface area contributed by atoms with E-state index in [2.05, 4.69) is 35.3 Å². The number of pyridine rings is 1. The van der Waals surface area contributed by atoms with Gasteiger partial charge in [0.1, 0.15) is 0 Å². The lowest BCUT2D eigenvalue weighted by atomic mass is 9.73. The maximum absolute atomic E-state index is 12.8. The minimum atomic E-state index is -0.218. The van der Waals surface area contributed by atoms with Crippen LogP contribution in [0.5, 0.6) is 0 Å². The summed E-state index contributed by atoms with van der Waals surface area (Å²) in [4.78, 5) is 33.2. The van der Waals surface area contributed by atoms with E-state index in [4.69, 9.17) is 0 Å². The summed E-state index contributed by atoms with van der Waals surface area (Å²) >= 11 is 0. The van der Waals surface area contributed by atoms with Crippen LogP contribution >= 0.6 is 0 Å². The van der Waals surface area contributed by atoms with Crippen LogP contribution in [0, 0.1) is 0 Å². The molecular weight excluding hydrogens is 390 g/mol. The van der Waals surface area contributed by atoms with E-state index in [1.807, 2.05) is 12.1 Å². The normalized spacial score (nSPS) is 25.1. The smallest absolute Gasteiger partial charge is 0.242 e. The van der Waals surface area contributed by atoms with E-state index in [9.17, 15) is 14.7 Å². The van der Waals surface area contributed by atoms with Crippen LogP contribution in [0.3, 0.4) is 0 Å². The summed E-state index contributed by atoms with van der Waals surface area (Å²) in [7, 11) is 0. The van der Waals surface area contributed by atoms with Crippen molar-refractivity contribution in [3.8, 4) is 0 Å². The van der Waals surface area contributed by atoms with Gasteiger partial charge in [-0.2, -0.15) is 0 Å². The molecule has 1 aromatic heterocycles. The molecule has 0 saturated carbocycles. The maximum Gasteiger partial charge on any atom is 0.242 e. The van der Waals surface area contributed by atoms with Gasteiger partial charge in [0.2, 0.25) is 11.8 Å². The van der Waals surface area contributed by atoms with Crippen LogP contribution < -0.4 is 0 Å². The van der Waals surface area contributed by atoms with E-state index in [0.29, 0.717) is 6.54 Å². The van der Waals surface area contributed by atoms with Crippen LogP contribution in [0.25, 0.3) is 5.57 Å². The molecule has 2 amide bonds. The van der Waals surface area contributed by atoms with Gasteiger partial charge in [-0.1, -0.05) is 36.4 Å². The number of benzene rings is 1. The first-order chi connectivity index (χ1) is 15.2. The summed E-state index contributed by atoms with van der Waals surface area (Å²) in [5.41, 5.74) is 4.63. The van der Waals surface area contributed by atoms with Gasteiger partial charge >= 0.3 is 0 Å². The molecule has 5 rings (SSSR count). The second-order valence-electron chi connectivity index (χ2n) is 8.70. The number of carbonyl (C=O) groups is 2. The van der Waals surface area contributed by atoms with Crippen LogP contribution in [-0.2, 0) is 16.0 Å². The van der Waals surface area contributed by atoms with Gasteiger partial charge < -0.3 is 14.9 Å². The number of hydrogen-bond donors (Lipinski definition) is 1. The van der Waals surface area contributed by atoms with Crippen molar-refractivity contribution in [2.45, 2.75) is 43.7 Å². The molecule has 3 atom stereocenters. The Kier molecular flexibility index (Phi) is 5.32. The lowest BCUT2D eigenvalue weighted by Crippen LogP contribution is -2.73. The Balaban J connectivity index is 1.33. The van der Waals surface area contributed by atoms with Crippen LogP contribution in [0.15, 0.2) is 54.9 Å². The molecule has 3 aliphatic rings. The Morgan fingerprint density at radius 2 is 2.03 bits per heavy atom. The maximum atomic E-state index is 12.8. The van der Waals surface area contributed by atoms with Crippen molar-refractivity contribution in [2.75, 3.05) is 19.7 Å². The van der Waals surface area contributed by atoms with Gasteiger partial charge in [0.05, 0.1) is 31.7 Å². The van der Waals surface area contributed by atoms with E-state index >= 15 is 0 Å². The molecule has 31 heavy (non-hydrogen) atoms. The number of rotatable bonds is 5. The number of carbonyl (C=O) groups excluding carboxylic acids is 2. The minimum absolute atomic E-state index is 0.0366. The molecule has 2 fully saturated rings. The van der Waals surface area contributed by atoms with Gasteiger partial charge in [-0.15, -0.1) is 0 Å². The third-order valence-electron chi connectivity index (χ3n) is 6.89. The predicted molar refractivity (Wildman–Crippen MR) is 117 cm³/mol. The standard InChI is InChI=1S/C25H27N3O3/c29-16-22-25(20-9-7-19(8-10-20)18-5-1-2-6-18)21-14-27(15-24(31)28(21)22)23(30)12-17-4-3-11-26-13-17/h3-5,7-11,13,21-22,25,29H,1-2,6,12,14-16H2/t21-,22+,25+/m1/s1. The highest BCUT2D eigenvalue weighted by atomic mass is 16.3. The van der Waals surface area contributed by atoms with Crippen LogP contribution in [-0.4, -0.2) is 63.5 Å². The molecule has 0 bridgehead atoms. The third-order valence-corrected chi connectivity index (χ3v) is 6.89. The van der Waals surface area contributed by atoms with Crippen molar-refractivity contribution in [1.82, 2.24) is 14.8 Å². The monoisotopic (exact) mass is 417 g/mol. The summed E-state index contributed by atoms with van der Waals surface area (Å²) in [5, 5.41) is 9.98. The fourth-order valence-electron chi connectivity index (χ4n) is 5.33. The number of aliphatic hydroxyl groups is 1. The average Bonchev–Trinajstić information content (AvgIpc) is 3.31. The number of amides is 2. The van der Waals surface area contributed by atoms with Crippen molar-refractivity contribution >= 4 is 17.4 Å². The molecule has 0 spiro atoms. The van der Waals surface area contributed by atoms with E-state index in [1.54, 1.807) is 22.2 Å². The van der Waals surface area contributed by atoms with Gasteiger partial charge in [-0.3, -0.25) is 14.6 Å². The van der Waals surface area contributed by atoms with Gasteiger partial charge in [0, 0.05) is 24.9 Å². The topological polar surface area (TPSA) is 73.7 Å². The molecule has 6 heteroatoms. The molecule has 6 nitrogen and oxygen atoms in total. The zero-order valence-corrected chi connectivity index (χ0v) is 17.5. The van der Waals surface area contributed by atoms with Crippen molar-refractivity contribution < 1.29 is 14.7 Å². The Morgan fingerprint density at radius 3 is 2.71 bits per heavy atom. The van der Waals surface area contributed by atoms with E-state index in [-0.39, 0.29) is 49.4 Å². The predicted octanol–water partition coefficient (Wildman–Crippen LogP) is 2.39. The molecule has 2 saturated heterocycles. The van der Waals surface area contributed by atoms with Crippen LogP contribution in [0.2, 0.25) is 0 Å². The number of aliphatic hydroxyl groups excluding tert-OH is 1. The van der Waals surface area contributed by atoms with Crippen molar-refractivity contribution in [3.05, 3.63) is 71.6 Å². The molecule has 2 aliphatic heterocycles. The second-order valence-corrected chi connectivity index (χ2v) is 8.70. The van der Waals surface area contributed by atoms with Crippen molar-refractivity contribution in [2.24, 2.45) is 0 Å². The number of aromatic nitrogens is 1. The van der Waals surface area contributed by atoms with E-state index < -0.39 is 0 Å². The summed E-state index contributed by atoms with van der Waals surface area (Å²) < 4.78 is 0. The molecule has 0 radical (unpaired) electrons. The highest BCUT2D eigenvalue weighted by Gasteiger charge is 2.54. The SMILES string of the molecule is O=C(Cc1cccnc1)N1CC(=O)N2[C@H](C1)[C@H](c1ccc(C3=CCCC3)cc1)[C@@H]2CO. The second kappa shape index (κ2) is 8.27. The summed E-state index contributed by atoms with van der Waals surface area (Å²) in [6, 6.07) is 11.9. The third kappa shape index (κ3) is 3.65. The van der Waals surface area contributed by atoms with Crippen LogP contribution in [0.4, 0.5) is 0 Å². The zero-order chi connectivity index (χ0) is 21.4. The van der Waals surface area contributed by atoms with E-state index in [0.717, 1.165) is 24.0 Å². The first-order valence-corrected chi connectivity index (χ1v) is 11.0. The number of hydrogen-bond acceptors (Lipinski definition) is 4. The Hall–Kier alpha value is -2.99. The van der Waals surface area contributed by atoms with Crippen molar-refractivity contribution in [1.29, 1.82) is 0 Å². The molecular formula is C25H27N3O3. The number of piperazine rings is 1. The fraction of sp³-hybridized carbons (Fsp3) is 0.400. The Bertz CT molecular complexity index is 1000. The Morgan fingerprint density at radius 1 is 1.19 bits per heavy atom. The molecule has 0 unspecified atom stereocenters. The van der Waals surface area contributed by atoms with Crippen LogP contribution in [0.1, 0.15) is 41.9 Å². The molecule has 3 heterocycles. The van der Waals surface area contributed by atoms with Gasteiger partial charge in [-0.25, -0.2) is 0 Å². The average molecular weight is 418 g/mol. The first-order valence-electron chi connectivity index (χ1n) is 11.0. The van der Waals surface area contributed by atoms with Gasteiger partial charge in [0.15, 0.2) is 0 Å². The quantitative estimate of drug-likeness (QED) is 0.811. The van der Waals surface area contributed by atoms with E-state index in [1.165, 1.54) is 17.6 Å². The van der Waals surface area contributed by atoms with Gasteiger partial charge in [0.25, 0.3) is 0 Å². The summed E-state index contributed by atoms with van der Waals surface area (Å²) in [6.45, 7) is 0.508. The number of nitrogens with zero attached hydrogens (tertiary/aromatic N) is 3. The summed E-state index contributed by atoms with van der Waals surface area (Å²) in [6.07, 6.45) is 9.40. The Labute approximate surface area is 182 Å². The zero-order valence-electron chi connectivity index (χ0n) is 17.5. The number of fused-ring (bicyclic) bond motifs is 1. The molecule has 160 valence electrons. The molecule has 2 aromatic rings. The first kappa shape index (κ1) is 19.9. The minimum Gasteiger partial charge on any atom is -0.394 e.